The van der Waals surface area contributed by atoms with E-state index in [-0.39, 0.29) is 11.9 Å². The molecule has 1 aliphatic carbocycles. The first-order chi connectivity index (χ1) is 11.5. The molecule has 128 valence electrons. The molecule has 1 aliphatic rings. The second-order valence-electron chi connectivity index (χ2n) is 6.87. The summed E-state index contributed by atoms with van der Waals surface area (Å²) in [4.78, 5) is 14.7. The van der Waals surface area contributed by atoms with Crippen LogP contribution in [0.5, 0.6) is 0 Å². The lowest BCUT2D eigenvalue weighted by molar-refractivity contribution is 0.0937. The lowest BCUT2D eigenvalue weighted by atomic mass is 10.2. The zero-order valence-electron chi connectivity index (χ0n) is 14.8. The normalized spacial score (nSPS) is 15.5. The highest BCUT2D eigenvalue weighted by atomic mass is 16.2. The Morgan fingerprint density at radius 3 is 2.58 bits per heavy atom. The molecule has 0 saturated heterocycles. The summed E-state index contributed by atoms with van der Waals surface area (Å²) in [7, 11) is 4.00. The van der Waals surface area contributed by atoms with E-state index in [1.165, 1.54) is 5.56 Å². The van der Waals surface area contributed by atoms with Crippen molar-refractivity contribution in [2.24, 2.45) is 0 Å². The van der Waals surface area contributed by atoms with Crippen molar-refractivity contribution < 1.29 is 4.79 Å². The molecule has 1 aromatic heterocycles. The number of rotatable bonds is 6. The van der Waals surface area contributed by atoms with Crippen molar-refractivity contribution in [2.75, 3.05) is 20.6 Å². The van der Waals surface area contributed by atoms with Gasteiger partial charge in [-0.25, -0.2) is 4.68 Å². The number of aryl methyl sites for hydroxylation is 1. The van der Waals surface area contributed by atoms with Crippen molar-refractivity contribution in [3.8, 4) is 5.69 Å². The number of nitrogens with one attached hydrogen (secondary N) is 1. The van der Waals surface area contributed by atoms with E-state index in [0.29, 0.717) is 18.2 Å². The van der Waals surface area contributed by atoms with Crippen molar-refractivity contribution >= 4 is 5.91 Å². The van der Waals surface area contributed by atoms with Crippen molar-refractivity contribution in [2.45, 2.75) is 38.6 Å². The smallest absolute Gasteiger partial charge is 0.273 e. The number of amides is 1. The molecule has 0 aliphatic heterocycles. The largest absolute Gasteiger partial charge is 0.349 e. The Morgan fingerprint density at radius 2 is 2.00 bits per heavy atom. The van der Waals surface area contributed by atoms with Crippen LogP contribution in [0.15, 0.2) is 24.3 Å². The third-order valence-corrected chi connectivity index (χ3v) is 4.60. The summed E-state index contributed by atoms with van der Waals surface area (Å²) >= 11 is 0. The molecular formula is C18H25N5O. The minimum absolute atomic E-state index is 0.135. The molecule has 1 heterocycles. The van der Waals surface area contributed by atoms with Crippen LogP contribution < -0.4 is 5.32 Å². The molecule has 1 fully saturated rings. The summed E-state index contributed by atoms with van der Waals surface area (Å²) in [5.41, 5.74) is 3.55. The number of carbonyl (C=O) groups excluding carboxylic acids is 1. The Hall–Kier alpha value is -2.21. The lowest BCUT2D eigenvalue weighted by Crippen LogP contribution is -2.38. The highest BCUT2D eigenvalue weighted by Gasteiger charge is 2.34. The summed E-state index contributed by atoms with van der Waals surface area (Å²) in [6.45, 7) is 4.72. The second-order valence-corrected chi connectivity index (χ2v) is 6.87. The fourth-order valence-electron chi connectivity index (χ4n) is 2.56. The van der Waals surface area contributed by atoms with E-state index in [9.17, 15) is 4.79 Å². The molecule has 0 bridgehead atoms. The Labute approximate surface area is 142 Å². The van der Waals surface area contributed by atoms with Crippen LogP contribution in [0.3, 0.4) is 0 Å². The lowest BCUT2D eigenvalue weighted by Gasteiger charge is -2.19. The van der Waals surface area contributed by atoms with Crippen molar-refractivity contribution in [3.05, 3.63) is 41.2 Å². The average Bonchev–Trinajstić information content (AvgIpc) is 3.31. The maximum Gasteiger partial charge on any atom is 0.273 e. The van der Waals surface area contributed by atoms with Gasteiger partial charge in [0, 0.05) is 18.5 Å². The van der Waals surface area contributed by atoms with E-state index < -0.39 is 0 Å². The van der Waals surface area contributed by atoms with Gasteiger partial charge in [0.15, 0.2) is 5.69 Å². The molecule has 2 aromatic rings. The molecule has 6 heteroatoms. The predicted molar refractivity (Wildman–Crippen MR) is 93.6 cm³/mol. The molecular weight excluding hydrogens is 302 g/mol. The molecule has 24 heavy (non-hydrogen) atoms. The van der Waals surface area contributed by atoms with Gasteiger partial charge in [-0.15, -0.1) is 5.10 Å². The summed E-state index contributed by atoms with van der Waals surface area (Å²) in [6.07, 6.45) is 2.18. The summed E-state index contributed by atoms with van der Waals surface area (Å²) < 4.78 is 1.82. The molecule has 0 radical (unpaired) electrons. The second kappa shape index (κ2) is 6.73. The van der Waals surface area contributed by atoms with E-state index >= 15 is 0 Å². The quantitative estimate of drug-likeness (QED) is 0.883. The molecule has 0 spiro atoms. The van der Waals surface area contributed by atoms with Crippen LogP contribution in [0.1, 0.15) is 47.4 Å². The molecule has 1 atom stereocenters. The Balaban J connectivity index is 1.84. The van der Waals surface area contributed by atoms with Crippen molar-refractivity contribution in [3.63, 3.8) is 0 Å². The molecule has 1 unspecified atom stereocenters. The van der Waals surface area contributed by atoms with Gasteiger partial charge in [-0.1, -0.05) is 22.9 Å². The number of hydrogen-bond acceptors (Lipinski definition) is 4. The van der Waals surface area contributed by atoms with Crippen molar-refractivity contribution in [1.29, 1.82) is 0 Å². The van der Waals surface area contributed by atoms with Crippen LogP contribution in [-0.4, -0.2) is 52.5 Å². The standard InChI is InChI=1S/C18H25N5O/c1-12-5-9-15(10-6-12)23-17(14-7-8-14)16(20-21-23)18(24)19-11-13(2)22(3)4/h5-6,9-10,13-14H,7-8,11H2,1-4H3,(H,19,24). The van der Waals surface area contributed by atoms with Crippen LogP contribution in [0.25, 0.3) is 5.69 Å². The minimum atomic E-state index is -0.135. The third kappa shape index (κ3) is 3.48. The Kier molecular flexibility index (Phi) is 4.66. The fraction of sp³-hybridized carbons (Fsp3) is 0.500. The van der Waals surface area contributed by atoms with Gasteiger partial charge in [-0.3, -0.25) is 4.79 Å². The molecule has 1 saturated carbocycles. The minimum Gasteiger partial charge on any atom is -0.349 e. The van der Waals surface area contributed by atoms with Gasteiger partial charge in [-0.2, -0.15) is 0 Å². The SMILES string of the molecule is Cc1ccc(-n2nnc(C(=O)NCC(C)N(C)C)c2C2CC2)cc1. The Morgan fingerprint density at radius 1 is 1.33 bits per heavy atom. The van der Waals surface area contributed by atoms with Crippen LogP contribution >= 0.6 is 0 Å². The number of aromatic nitrogens is 3. The first-order valence-electron chi connectivity index (χ1n) is 8.44. The van der Waals surface area contributed by atoms with E-state index in [1.807, 2.05) is 43.0 Å². The zero-order chi connectivity index (χ0) is 17.3. The summed E-state index contributed by atoms with van der Waals surface area (Å²) in [5, 5.41) is 11.4. The summed E-state index contributed by atoms with van der Waals surface area (Å²) in [5.74, 6) is 0.247. The van der Waals surface area contributed by atoms with Gasteiger partial charge >= 0.3 is 0 Å². The maximum absolute atomic E-state index is 12.6. The van der Waals surface area contributed by atoms with E-state index in [2.05, 4.69) is 34.4 Å². The summed E-state index contributed by atoms with van der Waals surface area (Å²) in [6, 6.07) is 8.40. The molecule has 1 amide bonds. The van der Waals surface area contributed by atoms with Crippen LogP contribution in [-0.2, 0) is 0 Å². The molecule has 1 N–H and O–H groups in total. The number of nitrogens with zero attached hydrogens (tertiary/aromatic N) is 4. The van der Waals surface area contributed by atoms with Crippen LogP contribution in [0.2, 0.25) is 0 Å². The Bertz CT molecular complexity index is 716. The third-order valence-electron chi connectivity index (χ3n) is 4.60. The van der Waals surface area contributed by atoms with Gasteiger partial charge in [0.05, 0.1) is 11.4 Å². The molecule has 6 nitrogen and oxygen atoms in total. The number of carbonyl (C=O) groups is 1. The van der Waals surface area contributed by atoms with Crippen LogP contribution in [0, 0.1) is 6.92 Å². The monoisotopic (exact) mass is 327 g/mol. The van der Waals surface area contributed by atoms with Crippen LogP contribution in [0.4, 0.5) is 0 Å². The number of hydrogen-bond donors (Lipinski definition) is 1. The molecule has 3 rings (SSSR count). The zero-order valence-corrected chi connectivity index (χ0v) is 14.8. The maximum atomic E-state index is 12.6. The highest BCUT2D eigenvalue weighted by Crippen LogP contribution is 2.41. The topological polar surface area (TPSA) is 63.1 Å². The van der Waals surface area contributed by atoms with Gasteiger partial charge in [-0.05, 0) is 52.9 Å². The van der Waals surface area contributed by atoms with E-state index in [0.717, 1.165) is 24.2 Å². The van der Waals surface area contributed by atoms with Gasteiger partial charge < -0.3 is 10.2 Å². The number of likely N-dealkylation sites (N-methyl/N-ethyl adjacent to an activating group) is 1. The highest BCUT2D eigenvalue weighted by molar-refractivity contribution is 5.93. The van der Waals surface area contributed by atoms with E-state index in [4.69, 9.17) is 0 Å². The first kappa shape index (κ1) is 16.6. The van der Waals surface area contributed by atoms with Crippen molar-refractivity contribution in [1.82, 2.24) is 25.2 Å². The predicted octanol–water partition coefficient (Wildman–Crippen LogP) is 2.13. The number of benzene rings is 1. The molecule has 1 aromatic carbocycles. The fourth-order valence-corrected chi connectivity index (χ4v) is 2.56. The average molecular weight is 327 g/mol. The van der Waals surface area contributed by atoms with Gasteiger partial charge in [0.25, 0.3) is 5.91 Å². The van der Waals surface area contributed by atoms with Gasteiger partial charge in [0.1, 0.15) is 0 Å². The van der Waals surface area contributed by atoms with E-state index in [1.54, 1.807) is 0 Å². The van der Waals surface area contributed by atoms with Gasteiger partial charge in [0.2, 0.25) is 0 Å². The first-order valence-corrected chi connectivity index (χ1v) is 8.44.